The molecule has 1 rings (SSSR count). The highest BCUT2D eigenvalue weighted by molar-refractivity contribution is 5.27. The second-order valence-corrected chi connectivity index (χ2v) is 5.00. The van der Waals surface area contributed by atoms with Crippen LogP contribution in [0.5, 0.6) is 5.75 Å². The van der Waals surface area contributed by atoms with Gasteiger partial charge in [0.1, 0.15) is 12.4 Å². The molecule has 0 heterocycles. The van der Waals surface area contributed by atoms with Crippen molar-refractivity contribution in [3.05, 3.63) is 29.8 Å². The van der Waals surface area contributed by atoms with Gasteiger partial charge in [-0.15, -0.1) is 0 Å². The molecule has 108 valence electrons. The number of hydrogen-bond acceptors (Lipinski definition) is 3. The molecule has 1 N–H and O–H groups in total. The molecule has 0 aromatic heterocycles. The lowest BCUT2D eigenvalue weighted by atomic mass is 10.1. The number of hydrogen-bond donors (Lipinski definition) is 1. The van der Waals surface area contributed by atoms with Gasteiger partial charge >= 0.3 is 0 Å². The first-order valence-corrected chi connectivity index (χ1v) is 7.13. The molecule has 0 fully saturated rings. The minimum atomic E-state index is 0.126. The van der Waals surface area contributed by atoms with E-state index in [2.05, 4.69) is 31.3 Å². The van der Waals surface area contributed by atoms with E-state index < -0.39 is 0 Å². The average Bonchev–Trinajstić information content (AvgIpc) is 2.44. The van der Waals surface area contributed by atoms with Gasteiger partial charge in [-0.2, -0.15) is 0 Å². The van der Waals surface area contributed by atoms with Crippen molar-refractivity contribution < 1.29 is 9.47 Å². The summed E-state index contributed by atoms with van der Waals surface area (Å²) in [6, 6.07) is 8.94. The quantitative estimate of drug-likeness (QED) is 0.744. The number of aryl methyl sites for hydroxylation is 1. The van der Waals surface area contributed by atoms with Crippen LogP contribution in [0.3, 0.4) is 0 Å². The summed E-state index contributed by atoms with van der Waals surface area (Å²) in [4.78, 5) is 0. The van der Waals surface area contributed by atoms with Crippen molar-refractivity contribution in [1.29, 1.82) is 0 Å². The number of nitrogens with one attached hydrogen (secondary N) is 1. The maximum absolute atomic E-state index is 5.64. The van der Waals surface area contributed by atoms with Crippen LogP contribution in [-0.2, 0) is 11.2 Å². The van der Waals surface area contributed by atoms with Gasteiger partial charge in [0.15, 0.2) is 0 Å². The summed E-state index contributed by atoms with van der Waals surface area (Å²) >= 11 is 0. The Morgan fingerprint density at radius 2 is 1.84 bits per heavy atom. The molecule has 0 aliphatic rings. The Morgan fingerprint density at radius 1 is 1.16 bits per heavy atom. The SMILES string of the molecule is CCNC(C)CCc1ccc(OCC(C)OC)cc1. The van der Waals surface area contributed by atoms with Crippen LogP contribution in [0.1, 0.15) is 32.8 Å². The van der Waals surface area contributed by atoms with E-state index in [1.54, 1.807) is 7.11 Å². The summed E-state index contributed by atoms with van der Waals surface area (Å²) in [6.07, 6.45) is 2.39. The molecule has 2 atom stereocenters. The molecular weight excluding hydrogens is 238 g/mol. The lowest BCUT2D eigenvalue weighted by molar-refractivity contribution is 0.0716. The van der Waals surface area contributed by atoms with Crippen LogP contribution in [0.4, 0.5) is 0 Å². The van der Waals surface area contributed by atoms with E-state index in [1.165, 1.54) is 5.56 Å². The van der Waals surface area contributed by atoms with Gasteiger partial charge in [0, 0.05) is 13.2 Å². The molecular formula is C16H27NO2. The number of ether oxygens (including phenoxy) is 2. The third kappa shape index (κ3) is 6.60. The Balaban J connectivity index is 2.34. The van der Waals surface area contributed by atoms with Gasteiger partial charge in [-0.05, 0) is 50.9 Å². The van der Waals surface area contributed by atoms with Crippen molar-refractivity contribution in [3.8, 4) is 5.75 Å². The first-order chi connectivity index (χ1) is 9.15. The van der Waals surface area contributed by atoms with Gasteiger partial charge in [-0.3, -0.25) is 0 Å². The van der Waals surface area contributed by atoms with E-state index in [0.717, 1.165) is 25.1 Å². The predicted molar refractivity (Wildman–Crippen MR) is 79.9 cm³/mol. The van der Waals surface area contributed by atoms with E-state index in [9.17, 15) is 0 Å². The Bertz CT molecular complexity index is 337. The number of methoxy groups -OCH3 is 1. The normalized spacial score (nSPS) is 14.1. The highest BCUT2D eigenvalue weighted by Gasteiger charge is 2.03. The third-order valence-electron chi connectivity index (χ3n) is 3.23. The minimum absolute atomic E-state index is 0.126. The van der Waals surface area contributed by atoms with E-state index >= 15 is 0 Å². The van der Waals surface area contributed by atoms with Crippen LogP contribution in [0, 0.1) is 0 Å². The Labute approximate surface area is 117 Å². The van der Waals surface area contributed by atoms with Crippen molar-refractivity contribution in [2.24, 2.45) is 0 Å². The Morgan fingerprint density at radius 3 is 2.42 bits per heavy atom. The van der Waals surface area contributed by atoms with Crippen LogP contribution in [0.2, 0.25) is 0 Å². The molecule has 0 aliphatic carbocycles. The minimum Gasteiger partial charge on any atom is -0.491 e. The van der Waals surface area contributed by atoms with Crippen molar-refractivity contribution in [3.63, 3.8) is 0 Å². The zero-order valence-corrected chi connectivity index (χ0v) is 12.6. The van der Waals surface area contributed by atoms with Gasteiger partial charge < -0.3 is 14.8 Å². The smallest absolute Gasteiger partial charge is 0.119 e. The van der Waals surface area contributed by atoms with Crippen LogP contribution in [-0.4, -0.2) is 32.4 Å². The molecule has 0 bridgehead atoms. The molecule has 0 aliphatic heterocycles. The largest absolute Gasteiger partial charge is 0.491 e. The Kier molecular flexibility index (Phi) is 7.53. The van der Waals surface area contributed by atoms with E-state index in [-0.39, 0.29) is 6.10 Å². The van der Waals surface area contributed by atoms with Crippen molar-refractivity contribution in [1.82, 2.24) is 5.32 Å². The van der Waals surface area contributed by atoms with Crippen molar-refractivity contribution in [2.75, 3.05) is 20.3 Å². The number of benzene rings is 1. The predicted octanol–water partition coefficient (Wildman–Crippen LogP) is 3.03. The molecule has 19 heavy (non-hydrogen) atoms. The fourth-order valence-corrected chi connectivity index (χ4v) is 1.87. The molecule has 0 saturated heterocycles. The van der Waals surface area contributed by atoms with Crippen LogP contribution >= 0.6 is 0 Å². The zero-order valence-electron chi connectivity index (χ0n) is 12.6. The van der Waals surface area contributed by atoms with Gasteiger partial charge in [0.25, 0.3) is 0 Å². The highest BCUT2D eigenvalue weighted by Crippen LogP contribution is 2.14. The summed E-state index contributed by atoms with van der Waals surface area (Å²) < 4.78 is 10.8. The first kappa shape index (κ1) is 16.0. The molecule has 1 aromatic rings. The number of rotatable bonds is 9. The molecule has 3 nitrogen and oxygen atoms in total. The standard InChI is InChI=1S/C16H27NO2/c1-5-17-13(2)6-7-15-8-10-16(11-9-15)19-12-14(3)18-4/h8-11,13-14,17H,5-7,12H2,1-4H3. The molecule has 2 unspecified atom stereocenters. The fraction of sp³-hybridized carbons (Fsp3) is 0.625. The van der Waals surface area contributed by atoms with Crippen LogP contribution < -0.4 is 10.1 Å². The molecule has 1 aromatic carbocycles. The highest BCUT2D eigenvalue weighted by atomic mass is 16.5. The van der Waals surface area contributed by atoms with Gasteiger partial charge in [-0.1, -0.05) is 19.1 Å². The summed E-state index contributed by atoms with van der Waals surface area (Å²) in [5.74, 6) is 0.910. The monoisotopic (exact) mass is 265 g/mol. The molecule has 0 amide bonds. The second kappa shape index (κ2) is 8.94. The lowest BCUT2D eigenvalue weighted by Gasteiger charge is -2.13. The topological polar surface area (TPSA) is 30.5 Å². The van der Waals surface area contributed by atoms with Crippen LogP contribution in [0.25, 0.3) is 0 Å². The maximum Gasteiger partial charge on any atom is 0.119 e. The van der Waals surface area contributed by atoms with Crippen LogP contribution in [0.15, 0.2) is 24.3 Å². The first-order valence-electron chi connectivity index (χ1n) is 7.13. The van der Waals surface area contributed by atoms with E-state index in [4.69, 9.17) is 9.47 Å². The van der Waals surface area contributed by atoms with E-state index in [0.29, 0.717) is 12.6 Å². The summed E-state index contributed by atoms with van der Waals surface area (Å²) in [7, 11) is 1.70. The maximum atomic E-state index is 5.64. The van der Waals surface area contributed by atoms with Gasteiger partial charge in [-0.25, -0.2) is 0 Å². The van der Waals surface area contributed by atoms with E-state index in [1.807, 2.05) is 19.1 Å². The van der Waals surface area contributed by atoms with Crippen molar-refractivity contribution >= 4 is 0 Å². The average molecular weight is 265 g/mol. The second-order valence-electron chi connectivity index (χ2n) is 5.00. The fourth-order valence-electron chi connectivity index (χ4n) is 1.87. The Hall–Kier alpha value is -1.06. The summed E-state index contributed by atoms with van der Waals surface area (Å²) in [5.41, 5.74) is 1.36. The zero-order chi connectivity index (χ0) is 14.1. The molecule has 0 radical (unpaired) electrons. The summed E-state index contributed by atoms with van der Waals surface area (Å²) in [5, 5.41) is 3.43. The van der Waals surface area contributed by atoms with Gasteiger partial charge in [0.2, 0.25) is 0 Å². The van der Waals surface area contributed by atoms with Gasteiger partial charge in [0.05, 0.1) is 6.10 Å². The third-order valence-corrected chi connectivity index (χ3v) is 3.23. The molecule has 3 heteroatoms. The van der Waals surface area contributed by atoms with Crippen molar-refractivity contribution in [2.45, 2.75) is 45.8 Å². The molecule has 0 spiro atoms. The molecule has 0 saturated carbocycles. The lowest BCUT2D eigenvalue weighted by Crippen LogP contribution is -2.25. The summed E-state index contributed by atoms with van der Waals surface area (Å²) in [6.45, 7) is 7.99.